The van der Waals surface area contributed by atoms with Gasteiger partial charge in [-0.05, 0) is 29.5 Å². The maximum absolute atomic E-state index is 14.2. The maximum Gasteiger partial charge on any atom is 0.276 e. The molecule has 3 aromatic carbocycles. The first-order valence-electron chi connectivity index (χ1n) is 19.0. The lowest BCUT2D eigenvalue weighted by molar-refractivity contribution is -0.893. The van der Waals surface area contributed by atoms with Crippen LogP contribution in [0.5, 0.6) is 0 Å². The average Bonchev–Trinajstić information content (AvgIpc) is 3.89. The van der Waals surface area contributed by atoms with Crippen LogP contribution in [-0.4, -0.2) is 94.6 Å². The monoisotopic (exact) mass is 792 g/mol. The summed E-state index contributed by atoms with van der Waals surface area (Å²) in [5.74, 6) is -2.13. The fourth-order valence-corrected chi connectivity index (χ4v) is 10.3. The van der Waals surface area contributed by atoms with E-state index >= 15 is 0 Å². The Labute approximate surface area is 334 Å². The number of nitrogens with one attached hydrogen (secondary N) is 2. The zero-order chi connectivity index (χ0) is 38.7. The lowest BCUT2D eigenvalue weighted by Crippen LogP contribution is -2.71. The number of likely N-dealkylation sites (tertiary alicyclic amines) is 1. The van der Waals surface area contributed by atoms with E-state index in [1.54, 1.807) is 5.38 Å². The number of nitrogens with zero attached hydrogens (tertiary/aromatic N) is 4. The van der Waals surface area contributed by atoms with Gasteiger partial charge in [0.05, 0.1) is 38.4 Å². The fraction of sp³-hybridized carbons (Fsp3) is 0.357. The van der Waals surface area contributed by atoms with E-state index in [1.165, 1.54) is 28.0 Å². The van der Waals surface area contributed by atoms with Gasteiger partial charge in [-0.1, -0.05) is 96.2 Å². The fourth-order valence-electron chi connectivity index (χ4n) is 8.21. The second-order valence-electron chi connectivity index (χ2n) is 14.9. The molecule has 3 fully saturated rings. The highest BCUT2D eigenvalue weighted by molar-refractivity contribution is 8.00. The number of aromatic nitrogens is 1. The molecule has 0 radical (unpaired) electrons. The lowest BCUT2D eigenvalue weighted by Gasteiger charge is -2.51. The standard InChI is InChI=1S/C42H44N6O6S2/c1-48(22-12-13-23-48)25-28-26-55-39-35(38(50)47(39)36(28)40(51)52)44-37(49)34(46-54-33-21-11-14-24-53-33)32-27-56-41(43-32)45-42(29-15-5-2-6-16-29,30-17-7-3-8-18-30)31-19-9-4-10-20-31/h2-10,15-20,27,33,35,39H,11-14,21-26H2,1H3,(H2-,43,44,45,49,51,52)/t33?,35?,39-/m1/s1. The van der Waals surface area contributed by atoms with E-state index in [4.69, 9.17) is 14.6 Å². The van der Waals surface area contributed by atoms with Crippen LogP contribution in [-0.2, 0) is 29.5 Å². The molecule has 0 saturated carbocycles. The summed E-state index contributed by atoms with van der Waals surface area (Å²) >= 11 is 2.75. The number of oxime groups is 1. The molecule has 2 unspecified atom stereocenters. The largest absolute Gasteiger partial charge is 0.543 e. The summed E-state index contributed by atoms with van der Waals surface area (Å²) in [5, 5.41) is 25.0. The van der Waals surface area contributed by atoms with Crippen LogP contribution in [0.1, 0.15) is 54.5 Å². The molecule has 0 spiro atoms. The molecular formula is C42H44N6O6S2. The quantitative estimate of drug-likeness (QED) is 0.0661. The van der Waals surface area contributed by atoms with Gasteiger partial charge in [-0.3, -0.25) is 14.5 Å². The first-order chi connectivity index (χ1) is 27.3. The third-order valence-corrected chi connectivity index (χ3v) is 13.1. The second-order valence-corrected chi connectivity index (χ2v) is 16.8. The van der Waals surface area contributed by atoms with Crippen LogP contribution in [0.15, 0.2) is 113 Å². The van der Waals surface area contributed by atoms with Crippen molar-refractivity contribution in [2.45, 2.75) is 55.3 Å². The number of hydrogen-bond acceptors (Lipinski definition) is 11. The molecule has 4 aliphatic heterocycles. The Hall–Kier alpha value is -5.02. The molecule has 4 aliphatic rings. The molecule has 12 nitrogen and oxygen atoms in total. The number of benzene rings is 3. The van der Waals surface area contributed by atoms with E-state index in [-0.39, 0.29) is 17.1 Å². The number of carbonyl (C=O) groups is 3. The van der Waals surface area contributed by atoms with E-state index in [1.807, 2.05) is 54.6 Å². The molecule has 0 bridgehead atoms. The molecule has 4 aromatic rings. The summed E-state index contributed by atoms with van der Waals surface area (Å²) in [6.07, 6.45) is 3.96. The summed E-state index contributed by atoms with van der Waals surface area (Å²) in [5.41, 5.74) is 2.84. The topological polar surface area (TPSA) is 145 Å². The number of anilines is 1. The zero-order valence-electron chi connectivity index (χ0n) is 31.1. The Kier molecular flexibility index (Phi) is 11.0. The number of likely N-dealkylation sites (N-methyl/N-ethyl adjacent to an activating group) is 1. The Morgan fingerprint density at radius 2 is 1.59 bits per heavy atom. The number of rotatable bonds is 13. The number of carboxylic acids is 1. The van der Waals surface area contributed by atoms with Crippen molar-refractivity contribution in [3.05, 3.63) is 130 Å². The van der Waals surface area contributed by atoms with Gasteiger partial charge in [-0.2, -0.15) is 0 Å². The molecule has 3 saturated heterocycles. The van der Waals surface area contributed by atoms with Crippen LogP contribution in [0, 0.1) is 0 Å². The molecule has 2 N–H and O–H groups in total. The van der Waals surface area contributed by atoms with Gasteiger partial charge < -0.3 is 34.6 Å². The van der Waals surface area contributed by atoms with Crippen molar-refractivity contribution in [2.75, 3.05) is 44.4 Å². The minimum atomic E-state index is -1.38. The van der Waals surface area contributed by atoms with Gasteiger partial charge in [0, 0.05) is 36.0 Å². The van der Waals surface area contributed by atoms with Crippen molar-refractivity contribution in [3.63, 3.8) is 0 Å². The molecule has 8 rings (SSSR count). The summed E-state index contributed by atoms with van der Waals surface area (Å²) in [7, 11) is 2.12. The van der Waals surface area contributed by atoms with Crippen LogP contribution in [0.3, 0.4) is 0 Å². The number of ether oxygens (including phenoxy) is 1. The summed E-state index contributed by atoms with van der Waals surface area (Å²) < 4.78 is 6.47. The third-order valence-electron chi connectivity index (χ3n) is 11.0. The number of hydrogen-bond donors (Lipinski definition) is 2. The highest BCUT2D eigenvalue weighted by atomic mass is 32.2. The van der Waals surface area contributed by atoms with Crippen molar-refractivity contribution in [1.29, 1.82) is 0 Å². The Morgan fingerprint density at radius 3 is 2.16 bits per heavy atom. The van der Waals surface area contributed by atoms with Gasteiger partial charge >= 0.3 is 0 Å². The normalized spacial score (nSPS) is 22.2. The van der Waals surface area contributed by atoms with Crippen LogP contribution in [0.25, 0.3) is 0 Å². The third kappa shape index (κ3) is 7.46. The Bertz CT molecular complexity index is 2020. The number of thiazole rings is 1. The molecule has 2 amide bonds. The second kappa shape index (κ2) is 16.2. The van der Waals surface area contributed by atoms with Gasteiger partial charge in [0.15, 0.2) is 10.8 Å². The number of quaternary nitrogens is 1. The van der Waals surface area contributed by atoms with Crippen molar-refractivity contribution in [3.8, 4) is 0 Å². The van der Waals surface area contributed by atoms with Gasteiger partial charge in [0.25, 0.3) is 11.8 Å². The van der Waals surface area contributed by atoms with Crippen LogP contribution >= 0.6 is 23.1 Å². The minimum absolute atomic E-state index is 0.0730. The highest BCUT2D eigenvalue weighted by Crippen LogP contribution is 2.42. The zero-order valence-corrected chi connectivity index (χ0v) is 32.7. The van der Waals surface area contributed by atoms with Crippen LogP contribution in [0.4, 0.5) is 5.13 Å². The molecule has 14 heteroatoms. The number of carboxylic acid groups (broad SMARTS) is 1. The predicted molar refractivity (Wildman–Crippen MR) is 213 cm³/mol. The number of amides is 2. The van der Waals surface area contributed by atoms with Crippen molar-refractivity contribution in [2.24, 2.45) is 5.16 Å². The molecule has 290 valence electrons. The Morgan fingerprint density at radius 1 is 0.964 bits per heavy atom. The summed E-state index contributed by atoms with van der Waals surface area (Å²) in [6.45, 7) is 2.98. The molecule has 3 atom stereocenters. The lowest BCUT2D eigenvalue weighted by atomic mass is 9.77. The van der Waals surface area contributed by atoms with E-state index < -0.39 is 41.0 Å². The predicted octanol–water partition coefficient (Wildman–Crippen LogP) is 4.44. The van der Waals surface area contributed by atoms with Gasteiger partial charge in [-0.25, -0.2) is 4.98 Å². The summed E-state index contributed by atoms with van der Waals surface area (Å²) in [4.78, 5) is 52.4. The first-order valence-corrected chi connectivity index (χ1v) is 21.0. The van der Waals surface area contributed by atoms with Crippen molar-refractivity contribution >= 4 is 51.7 Å². The minimum Gasteiger partial charge on any atom is -0.543 e. The number of β-lactam (4-membered cyclic amide) rings is 1. The van der Waals surface area contributed by atoms with Crippen molar-refractivity contribution in [1.82, 2.24) is 15.2 Å². The van der Waals surface area contributed by atoms with E-state index in [0.717, 1.165) is 59.9 Å². The number of aliphatic carboxylic acids is 1. The Balaban J connectivity index is 1.09. The molecule has 56 heavy (non-hydrogen) atoms. The van der Waals surface area contributed by atoms with Gasteiger partial charge in [0.1, 0.15) is 29.2 Å². The average molecular weight is 793 g/mol. The smallest absolute Gasteiger partial charge is 0.276 e. The van der Waals surface area contributed by atoms with Crippen LogP contribution in [0.2, 0.25) is 0 Å². The van der Waals surface area contributed by atoms with E-state index in [9.17, 15) is 19.5 Å². The van der Waals surface area contributed by atoms with Crippen LogP contribution < -0.4 is 15.7 Å². The first kappa shape index (κ1) is 37.9. The highest BCUT2D eigenvalue weighted by Gasteiger charge is 2.54. The van der Waals surface area contributed by atoms with Gasteiger partial charge in [-0.15, -0.1) is 23.1 Å². The maximum atomic E-state index is 14.2. The number of fused-ring (bicyclic) bond motifs is 1. The number of carbonyl (C=O) groups excluding carboxylic acids is 3. The van der Waals surface area contributed by atoms with Crippen molar-refractivity contribution < 1.29 is 33.5 Å². The SMILES string of the molecule is C[N+]1(CC2=C(C(=O)[O-])N3C(=O)C(NC(=O)C(=NOC4CCCCO4)c4csc(NC(c5ccccc5)(c5ccccc5)c5ccccc5)n4)[C@H]3SC2)CCCC1. The molecule has 0 aliphatic carbocycles. The van der Waals surface area contributed by atoms with Gasteiger partial charge in [0.2, 0.25) is 6.29 Å². The van der Waals surface area contributed by atoms with E-state index in [2.05, 4.69) is 59.2 Å². The van der Waals surface area contributed by atoms with E-state index in [0.29, 0.717) is 36.0 Å². The number of thioether (sulfide) groups is 1. The summed E-state index contributed by atoms with van der Waals surface area (Å²) in [6, 6.07) is 29.4. The molecule has 1 aromatic heterocycles. The molecule has 5 heterocycles. The molecular weight excluding hydrogens is 749 g/mol.